The lowest BCUT2D eigenvalue weighted by Gasteiger charge is -2.23. The van der Waals surface area contributed by atoms with E-state index in [-0.39, 0.29) is 24.3 Å². The molecule has 4 aliphatic rings. The van der Waals surface area contributed by atoms with Crippen LogP contribution in [0.2, 0.25) is 0 Å². The largest absolute Gasteiger partial charge is 0.342 e. The number of allylic oxidation sites excluding steroid dienone is 4. The smallest absolute Gasteiger partial charge is 0.273 e. The first kappa shape index (κ1) is 33.6. The van der Waals surface area contributed by atoms with Gasteiger partial charge >= 0.3 is 0 Å². The van der Waals surface area contributed by atoms with E-state index in [4.69, 9.17) is 0 Å². The zero-order chi connectivity index (χ0) is 31.8. The normalized spacial score (nSPS) is 24.8. The number of halogens is 2. The Morgan fingerprint density at radius 1 is 0.911 bits per heavy atom. The SMILES string of the molecule is CCC(F)(F)c1ccc(CC(=O)N2CCCC(CC3CCCC(CC(=O)CC4=CC5=C(CC4)CNN(C)C=C5)CC3)CC2)cc1. The van der Waals surface area contributed by atoms with Gasteiger partial charge in [0.2, 0.25) is 5.91 Å². The minimum atomic E-state index is -2.82. The topological polar surface area (TPSA) is 52.7 Å². The molecule has 1 N–H and O–H groups in total. The molecular formula is C38H53F2N3O2. The number of ketones is 1. The Bertz CT molecular complexity index is 1270. The zero-order valence-electron chi connectivity index (χ0n) is 27.5. The van der Waals surface area contributed by atoms with Gasteiger partial charge in [-0.2, -0.15) is 0 Å². The molecular weight excluding hydrogens is 568 g/mol. The fourth-order valence-electron chi connectivity index (χ4n) is 7.83. The van der Waals surface area contributed by atoms with Crippen LogP contribution in [0.1, 0.15) is 108 Å². The van der Waals surface area contributed by atoms with E-state index < -0.39 is 5.92 Å². The third-order valence-electron chi connectivity index (χ3n) is 10.7. The average Bonchev–Trinajstić information content (AvgIpc) is 3.48. The molecule has 1 saturated heterocycles. The Labute approximate surface area is 269 Å². The summed E-state index contributed by atoms with van der Waals surface area (Å²) in [6, 6.07) is 6.28. The molecule has 1 aromatic carbocycles. The van der Waals surface area contributed by atoms with Crippen LogP contribution in [0, 0.1) is 17.8 Å². The van der Waals surface area contributed by atoms with Gasteiger partial charge in [-0.15, -0.1) is 0 Å². The number of likely N-dealkylation sites (tertiary alicyclic amines) is 1. The highest BCUT2D eigenvalue weighted by Gasteiger charge is 2.29. The molecule has 1 aromatic rings. The molecule has 3 unspecified atom stereocenters. The van der Waals surface area contributed by atoms with E-state index in [1.54, 1.807) is 12.1 Å². The number of nitrogens with zero attached hydrogens (tertiary/aromatic N) is 2. The Morgan fingerprint density at radius 2 is 1.64 bits per heavy atom. The summed E-state index contributed by atoms with van der Waals surface area (Å²) in [7, 11) is 2.01. The lowest BCUT2D eigenvalue weighted by atomic mass is 9.84. The Morgan fingerprint density at radius 3 is 2.44 bits per heavy atom. The first-order chi connectivity index (χ1) is 21.7. The number of nitrogens with one attached hydrogen (secondary N) is 1. The third-order valence-corrected chi connectivity index (χ3v) is 10.7. The molecule has 246 valence electrons. The van der Waals surface area contributed by atoms with E-state index in [1.807, 2.05) is 17.0 Å². The summed E-state index contributed by atoms with van der Waals surface area (Å²) in [6.07, 6.45) is 20.4. The molecule has 1 saturated carbocycles. The molecule has 5 nitrogen and oxygen atoms in total. The molecule has 0 aromatic heterocycles. The van der Waals surface area contributed by atoms with Crippen LogP contribution < -0.4 is 5.43 Å². The highest BCUT2D eigenvalue weighted by atomic mass is 19.3. The summed E-state index contributed by atoms with van der Waals surface area (Å²) < 4.78 is 27.9. The summed E-state index contributed by atoms with van der Waals surface area (Å²) in [5.74, 6) is -0.434. The fourth-order valence-corrected chi connectivity index (χ4v) is 7.83. The van der Waals surface area contributed by atoms with Gasteiger partial charge in [0.05, 0.1) is 6.42 Å². The summed E-state index contributed by atoms with van der Waals surface area (Å²) in [5.41, 5.74) is 8.18. The molecule has 2 aliphatic heterocycles. The molecule has 1 amide bonds. The van der Waals surface area contributed by atoms with Gasteiger partial charge in [0, 0.05) is 57.7 Å². The van der Waals surface area contributed by atoms with E-state index in [1.165, 1.54) is 67.9 Å². The number of rotatable bonds is 10. The van der Waals surface area contributed by atoms with Crippen LogP contribution in [0.5, 0.6) is 0 Å². The van der Waals surface area contributed by atoms with Crippen molar-refractivity contribution in [1.82, 2.24) is 15.3 Å². The number of carbonyl (C=O) groups is 2. The van der Waals surface area contributed by atoms with Crippen LogP contribution in [-0.2, 0) is 21.9 Å². The van der Waals surface area contributed by atoms with Crippen LogP contribution in [0.25, 0.3) is 0 Å². The molecule has 2 fully saturated rings. The van der Waals surface area contributed by atoms with Crippen LogP contribution in [0.3, 0.4) is 0 Å². The second kappa shape index (κ2) is 15.7. The zero-order valence-corrected chi connectivity index (χ0v) is 27.5. The fraction of sp³-hybridized carbons (Fsp3) is 0.632. The molecule has 0 bridgehead atoms. The predicted molar refractivity (Wildman–Crippen MR) is 176 cm³/mol. The van der Waals surface area contributed by atoms with E-state index in [2.05, 4.69) is 23.8 Å². The van der Waals surface area contributed by atoms with E-state index >= 15 is 0 Å². The summed E-state index contributed by atoms with van der Waals surface area (Å²) in [6.45, 7) is 3.93. The molecule has 0 radical (unpaired) electrons. The minimum Gasteiger partial charge on any atom is -0.342 e. The van der Waals surface area contributed by atoms with Crippen molar-refractivity contribution < 1.29 is 18.4 Å². The standard InChI is InChI=1S/C38H53F2N3O2/c1-3-38(39,40)35-15-12-31(13-16-35)26-37(45)43-19-5-8-30(17-21-43)22-28-6-4-7-29(10-9-28)24-36(44)25-32-11-14-34-27-41-42(2)20-18-33(34)23-32/h12-13,15-16,18,20,23,28-30,41H,3-11,14,17,19,21-22,24-27H2,1-2H3. The maximum Gasteiger partial charge on any atom is 0.273 e. The molecule has 45 heavy (non-hydrogen) atoms. The van der Waals surface area contributed by atoms with Crippen molar-refractivity contribution in [1.29, 1.82) is 0 Å². The van der Waals surface area contributed by atoms with Gasteiger partial charge in [0.1, 0.15) is 5.78 Å². The van der Waals surface area contributed by atoms with Gasteiger partial charge in [-0.1, -0.05) is 68.5 Å². The van der Waals surface area contributed by atoms with Crippen molar-refractivity contribution in [3.8, 4) is 0 Å². The Kier molecular flexibility index (Phi) is 11.7. The third kappa shape index (κ3) is 9.60. The lowest BCUT2D eigenvalue weighted by molar-refractivity contribution is -0.130. The van der Waals surface area contributed by atoms with Crippen LogP contribution in [-0.4, -0.2) is 48.3 Å². The highest BCUT2D eigenvalue weighted by molar-refractivity contribution is 5.81. The summed E-state index contributed by atoms with van der Waals surface area (Å²) >= 11 is 0. The first-order valence-electron chi connectivity index (χ1n) is 17.5. The van der Waals surface area contributed by atoms with Crippen LogP contribution in [0.4, 0.5) is 8.78 Å². The monoisotopic (exact) mass is 621 g/mol. The molecule has 7 heteroatoms. The van der Waals surface area contributed by atoms with Gasteiger partial charge in [-0.05, 0) is 85.5 Å². The van der Waals surface area contributed by atoms with Crippen molar-refractivity contribution >= 4 is 11.7 Å². The molecule has 3 atom stereocenters. The lowest BCUT2D eigenvalue weighted by Crippen LogP contribution is -2.33. The quantitative estimate of drug-likeness (QED) is 0.267. The summed E-state index contributed by atoms with van der Waals surface area (Å²) in [5, 5.41) is 1.99. The van der Waals surface area contributed by atoms with Crippen molar-refractivity contribution in [2.45, 2.75) is 109 Å². The number of amides is 1. The van der Waals surface area contributed by atoms with Gasteiger partial charge in [-0.25, -0.2) is 14.2 Å². The Balaban J connectivity index is 1.03. The van der Waals surface area contributed by atoms with E-state index in [0.717, 1.165) is 76.1 Å². The molecule has 0 spiro atoms. The van der Waals surface area contributed by atoms with Crippen molar-refractivity contribution in [2.75, 3.05) is 26.7 Å². The van der Waals surface area contributed by atoms with Gasteiger partial charge in [0.25, 0.3) is 5.92 Å². The van der Waals surface area contributed by atoms with E-state index in [0.29, 0.717) is 24.0 Å². The first-order valence-corrected chi connectivity index (χ1v) is 17.5. The average molecular weight is 622 g/mol. The van der Waals surface area contributed by atoms with Crippen molar-refractivity contribution in [3.05, 3.63) is 70.5 Å². The number of hydrogen-bond acceptors (Lipinski definition) is 4. The number of benzene rings is 1. The second-order valence-electron chi connectivity index (χ2n) is 14.1. The number of carbonyl (C=O) groups excluding carboxylic acids is 2. The minimum absolute atomic E-state index is 0.0164. The van der Waals surface area contributed by atoms with Crippen LogP contribution in [0.15, 0.2) is 59.3 Å². The van der Waals surface area contributed by atoms with Gasteiger partial charge in [0.15, 0.2) is 0 Å². The van der Waals surface area contributed by atoms with Gasteiger partial charge < -0.3 is 9.91 Å². The number of alkyl halides is 2. The van der Waals surface area contributed by atoms with Gasteiger partial charge in [-0.3, -0.25) is 9.59 Å². The van der Waals surface area contributed by atoms with Crippen molar-refractivity contribution in [2.24, 2.45) is 17.8 Å². The maximum absolute atomic E-state index is 14.0. The Hall–Kier alpha value is -2.80. The number of Topliss-reactive ketones (excluding diaryl/α,β-unsaturated/α-hetero) is 1. The molecule has 5 rings (SSSR count). The van der Waals surface area contributed by atoms with Crippen LogP contribution >= 0.6 is 0 Å². The number of hydrazine groups is 1. The molecule has 2 aliphatic carbocycles. The van der Waals surface area contributed by atoms with E-state index in [9.17, 15) is 18.4 Å². The van der Waals surface area contributed by atoms with Crippen molar-refractivity contribution in [3.63, 3.8) is 0 Å². The predicted octanol–water partition coefficient (Wildman–Crippen LogP) is 8.28. The maximum atomic E-state index is 14.0. The second-order valence-corrected chi connectivity index (χ2v) is 14.1. The number of hydrogen-bond donors (Lipinski definition) is 1. The summed E-state index contributed by atoms with van der Waals surface area (Å²) in [4.78, 5) is 28.2. The highest BCUT2D eigenvalue weighted by Crippen LogP contribution is 2.36. The molecule has 2 heterocycles.